The van der Waals surface area contributed by atoms with Crippen LogP contribution in [0, 0.1) is 34.6 Å². The van der Waals surface area contributed by atoms with E-state index in [9.17, 15) is 9.59 Å². The molecule has 0 aliphatic rings. The molecule has 2 aromatic carbocycles. The van der Waals surface area contributed by atoms with Crippen LogP contribution in [0.15, 0.2) is 70.6 Å². The van der Waals surface area contributed by atoms with Crippen molar-refractivity contribution in [2.24, 2.45) is 0 Å². The summed E-state index contributed by atoms with van der Waals surface area (Å²) in [5, 5.41) is 1.18. The van der Waals surface area contributed by atoms with Crippen LogP contribution in [0.2, 0.25) is 0 Å². The lowest BCUT2D eigenvalue weighted by molar-refractivity contribution is 0.102. The van der Waals surface area contributed by atoms with Crippen molar-refractivity contribution in [2.45, 2.75) is 39.8 Å². The molecule has 0 radical (unpaired) electrons. The number of benzene rings is 2. The topological polar surface area (TPSA) is 56.9 Å². The summed E-state index contributed by atoms with van der Waals surface area (Å²) in [6.45, 7) is 10.0. The molecule has 182 valence electrons. The first-order valence-electron chi connectivity index (χ1n) is 11.8. The number of aromatic nitrogens is 3. The SMILES string of the molecule is Cc1ccc(-n2c(C)cc(C(=O)CSc3nc4sc(C)c(C)c4c(=O)n3-c3ccccc3)c2C)cc1. The smallest absolute Gasteiger partial charge is 0.267 e. The van der Waals surface area contributed by atoms with Gasteiger partial charge in [0.2, 0.25) is 0 Å². The molecule has 5 aromatic rings. The third-order valence-electron chi connectivity index (χ3n) is 6.54. The number of aryl methyl sites for hydroxylation is 4. The molecule has 36 heavy (non-hydrogen) atoms. The fourth-order valence-electron chi connectivity index (χ4n) is 4.52. The number of fused-ring (bicyclic) bond motifs is 1. The van der Waals surface area contributed by atoms with Crippen LogP contribution < -0.4 is 5.56 Å². The van der Waals surface area contributed by atoms with E-state index in [1.807, 2.05) is 64.1 Å². The van der Waals surface area contributed by atoms with Crippen molar-refractivity contribution in [1.82, 2.24) is 14.1 Å². The molecule has 0 bridgehead atoms. The highest BCUT2D eigenvalue weighted by Crippen LogP contribution is 2.30. The van der Waals surface area contributed by atoms with Crippen molar-refractivity contribution in [3.05, 3.63) is 104 Å². The van der Waals surface area contributed by atoms with E-state index in [0.717, 1.165) is 38.0 Å². The molecule has 0 unspecified atom stereocenters. The normalized spacial score (nSPS) is 11.4. The summed E-state index contributed by atoms with van der Waals surface area (Å²) >= 11 is 2.83. The predicted octanol–water partition coefficient (Wildman–Crippen LogP) is 6.76. The van der Waals surface area contributed by atoms with Gasteiger partial charge in [-0.15, -0.1) is 11.3 Å². The summed E-state index contributed by atoms with van der Waals surface area (Å²) in [5.41, 5.74) is 6.46. The first-order valence-corrected chi connectivity index (χ1v) is 13.6. The predicted molar refractivity (Wildman–Crippen MR) is 150 cm³/mol. The minimum Gasteiger partial charge on any atom is -0.318 e. The molecule has 3 aromatic heterocycles. The fraction of sp³-hybridized carbons (Fsp3) is 0.207. The van der Waals surface area contributed by atoms with Gasteiger partial charge in [0.15, 0.2) is 10.9 Å². The Morgan fingerprint density at radius 2 is 1.58 bits per heavy atom. The van der Waals surface area contributed by atoms with Gasteiger partial charge in [-0.2, -0.15) is 0 Å². The molecule has 7 heteroatoms. The molecular weight excluding hydrogens is 486 g/mol. The largest absolute Gasteiger partial charge is 0.318 e. The molecule has 0 saturated heterocycles. The average Bonchev–Trinajstić information content (AvgIpc) is 3.32. The summed E-state index contributed by atoms with van der Waals surface area (Å²) in [5.74, 6) is 0.200. The zero-order valence-electron chi connectivity index (χ0n) is 21.0. The van der Waals surface area contributed by atoms with E-state index in [1.165, 1.54) is 28.7 Å². The number of hydrogen-bond acceptors (Lipinski definition) is 5. The van der Waals surface area contributed by atoms with Gasteiger partial charge in [0, 0.05) is 27.5 Å². The van der Waals surface area contributed by atoms with E-state index in [2.05, 4.69) is 35.8 Å². The van der Waals surface area contributed by atoms with Gasteiger partial charge < -0.3 is 4.57 Å². The Morgan fingerprint density at radius 1 is 0.917 bits per heavy atom. The highest BCUT2D eigenvalue weighted by molar-refractivity contribution is 7.99. The van der Waals surface area contributed by atoms with Crippen molar-refractivity contribution in [1.29, 1.82) is 0 Å². The molecule has 0 spiro atoms. The molecule has 0 aliphatic heterocycles. The number of Topliss-reactive ketones (excluding diaryl/α,β-unsaturated/α-hetero) is 1. The molecule has 0 N–H and O–H groups in total. The highest BCUT2D eigenvalue weighted by Gasteiger charge is 2.21. The van der Waals surface area contributed by atoms with Crippen LogP contribution in [-0.2, 0) is 0 Å². The number of hydrogen-bond donors (Lipinski definition) is 0. The standard InChI is InChI=1S/C29H27N3O2S2/c1-17-11-13-23(14-12-17)31-18(2)15-24(20(31)4)25(33)16-35-29-30-27-26(19(3)21(5)36-27)28(34)32(29)22-9-7-6-8-10-22/h6-15H,16H2,1-5H3. The van der Waals surface area contributed by atoms with E-state index in [1.54, 1.807) is 4.57 Å². The number of ketones is 1. The van der Waals surface area contributed by atoms with Crippen LogP contribution in [0.4, 0.5) is 0 Å². The van der Waals surface area contributed by atoms with Crippen LogP contribution in [0.5, 0.6) is 0 Å². The van der Waals surface area contributed by atoms with Gasteiger partial charge in [0.05, 0.1) is 16.8 Å². The second-order valence-electron chi connectivity index (χ2n) is 9.00. The van der Waals surface area contributed by atoms with Crippen LogP contribution >= 0.6 is 23.1 Å². The van der Waals surface area contributed by atoms with Crippen molar-refractivity contribution >= 4 is 39.1 Å². The fourth-order valence-corrected chi connectivity index (χ4v) is 6.49. The quantitative estimate of drug-likeness (QED) is 0.143. The maximum Gasteiger partial charge on any atom is 0.267 e. The van der Waals surface area contributed by atoms with E-state index < -0.39 is 0 Å². The Labute approximate surface area is 218 Å². The first-order chi connectivity index (χ1) is 17.3. The van der Waals surface area contributed by atoms with Gasteiger partial charge in [0.25, 0.3) is 5.56 Å². The van der Waals surface area contributed by atoms with Gasteiger partial charge >= 0.3 is 0 Å². The highest BCUT2D eigenvalue weighted by atomic mass is 32.2. The molecule has 0 aliphatic carbocycles. The molecule has 0 amide bonds. The zero-order chi connectivity index (χ0) is 25.6. The zero-order valence-corrected chi connectivity index (χ0v) is 22.6. The van der Waals surface area contributed by atoms with Crippen molar-refractivity contribution in [2.75, 3.05) is 5.75 Å². The Hall–Kier alpha value is -3.42. The number of rotatable bonds is 6. The average molecular weight is 514 g/mol. The van der Waals surface area contributed by atoms with E-state index in [-0.39, 0.29) is 17.1 Å². The van der Waals surface area contributed by atoms with E-state index in [0.29, 0.717) is 16.1 Å². The lowest BCUT2D eigenvalue weighted by Gasteiger charge is -2.12. The minimum absolute atomic E-state index is 0.0129. The number of carbonyl (C=O) groups is 1. The van der Waals surface area contributed by atoms with Crippen LogP contribution in [-0.4, -0.2) is 25.7 Å². The van der Waals surface area contributed by atoms with Gasteiger partial charge in [0.1, 0.15) is 4.83 Å². The molecule has 5 nitrogen and oxygen atoms in total. The van der Waals surface area contributed by atoms with Gasteiger partial charge in [-0.3, -0.25) is 14.2 Å². The Kier molecular flexibility index (Phi) is 6.45. The molecule has 0 fully saturated rings. The second-order valence-corrected chi connectivity index (χ2v) is 11.1. The number of thiophene rings is 1. The molecule has 5 rings (SSSR count). The summed E-state index contributed by atoms with van der Waals surface area (Å²) in [6.07, 6.45) is 0. The molecule has 3 heterocycles. The number of nitrogens with zero attached hydrogens (tertiary/aromatic N) is 3. The number of para-hydroxylation sites is 1. The molecular formula is C29H27N3O2S2. The third kappa shape index (κ3) is 4.22. The maximum absolute atomic E-state index is 13.6. The molecule has 0 saturated carbocycles. The number of carbonyl (C=O) groups excluding carboxylic acids is 1. The molecule has 0 atom stereocenters. The lowest BCUT2D eigenvalue weighted by atomic mass is 10.2. The maximum atomic E-state index is 13.6. The van der Waals surface area contributed by atoms with Crippen molar-refractivity contribution < 1.29 is 4.79 Å². The van der Waals surface area contributed by atoms with Crippen molar-refractivity contribution in [3.8, 4) is 11.4 Å². The van der Waals surface area contributed by atoms with Gasteiger partial charge in [-0.05, 0) is 70.5 Å². The Morgan fingerprint density at radius 3 is 2.28 bits per heavy atom. The third-order valence-corrected chi connectivity index (χ3v) is 8.58. The lowest BCUT2D eigenvalue weighted by Crippen LogP contribution is -2.22. The summed E-state index contributed by atoms with van der Waals surface area (Å²) in [4.78, 5) is 33.7. The van der Waals surface area contributed by atoms with Crippen LogP contribution in [0.3, 0.4) is 0 Å². The second kappa shape index (κ2) is 9.56. The first kappa shape index (κ1) is 24.3. The van der Waals surface area contributed by atoms with Crippen LogP contribution in [0.1, 0.15) is 37.7 Å². The Bertz CT molecular complexity index is 1660. The summed E-state index contributed by atoms with van der Waals surface area (Å²) in [7, 11) is 0. The van der Waals surface area contributed by atoms with Crippen LogP contribution in [0.25, 0.3) is 21.6 Å². The summed E-state index contributed by atoms with van der Waals surface area (Å²) in [6, 6.07) is 19.7. The van der Waals surface area contributed by atoms with Gasteiger partial charge in [-0.1, -0.05) is 47.7 Å². The minimum atomic E-state index is -0.0967. The van der Waals surface area contributed by atoms with E-state index in [4.69, 9.17) is 4.98 Å². The van der Waals surface area contributed by atoms with E-state index >= 15 is 0 Å². The number of thioether (sulfide) groups is 1. The Balaban J connectivity index is 1.51. The van der Waals surface area contributed by atoms with Gasteiger partial charge in [-0.25, -0.2) is 4.98 Å². The van der Waals surface area contributed by atoms with Crippen molar-refractivity contribution in [3.63, 3.8) is 0 Å². The monoisotopic (exact) mass is 513 g/mol. The summed E-state index contributed by atoms with van der Waals surface area (Å²) < 4.78 is 3.74.